The maximum absolute atomic E-state index is 10.7. The fourth-order valence-corrected chi connectivity index (χ4v) is 2.76. The van der Waals surface area contributed by atoms with Crippen LogP contribution in [-0.4, -0.2) is 17.7 Å². The summed E-state index contributed by atoms with van der Waals surface area (Å²) in [6.07, 6.45) is 0. The van der Waals surface area contributed by atoms with Crippen molar-refractivity contribution in [3.63, 3.8) is 0 Å². The van der Waals surface area contributed by atoms with Gasteiger partial charge in [0.25, 0.3) is 0 Å². The van der Waals surface area contributed by atoms with E-state index in [1.807, 2.05) is 54.6 Å². The Labute approximate surface area is 153 Å². The van der Waals surface area contributed by atoms with Crippen LogP contribution >= 0.6 is 0 Å². The van der Waals surface area contributed by atoms with Crippen LogP contribution in [0.4, 0.5) is 5.69 Å². The lowest BCUT2D eigenvalue weighted by molar-refractivity contribution is -0.139. The van der Waals surface area contributed by atoms with E-state index in [4.69, 9.17) is 9.84 Å². The van der Waals surface area contributed by atoms with E-state index in [1.165, 1.54) is 11.1 Å². The van der Waals surface area contributed by atoms with Crippen molar-refractivity contribution in [2.24, 2.45) is 0 Å². The maximum Gasteiger partial charge on any atom is 0.341 e. The Morgan fingerprint density at radius 1 is 0.808 bits per heavy atom. The van der Waals surface area contributed by atoms with Crippen LogP contribution < -0.4 is 9.64 Å². The molecule has 0 fully saturated rings. The Kier molecular flexibility index (Phi) is 5.88. The van der Waals surface area contributed by atoms with Gasteiger partial charge in [-0.3, -0.25) is 0 Å². The van der Waals surface area contributed by atoms with Crippen molar-refractivity contribution in [2.45, 2.75) is 13.1 Å². The third kappa shape index (κ3) is 5.11. The first kappa shape index (κ1) is 17.5. The highest BCUT2D eigenvalue weighted by Gasteiger charge is 2.10. The van der Waals surface area contributed by atoms with Crippen LogP contribution in [0.15, 0.2) is 84.9 Å². The second-order valence-corrected chi connectivity index (χ2v) is 6.01. The molecule has 0 bridgehead atoms. The molecule has 0 aliphatic heterocycles. The van der Waals surface area contributed by atoms with Crippen molar-refractivity contribution >= 4 is 11.7 Å². The van der Waals surface area contributed by atoms with E-state index in [-0.39, 0.29) is 6.61 Å². The van der Waals surface area contributed by atoms with Gasteiger partial charge in [-0.15, -0.1) is 0 Å². The first-order chi connectivity index (χ1) is 12.7. The number of carbonyl (C=O) groups is 1. The minimum Gasteiger partial charge on any atom is -0.482 e. The molecule has 0 saturated carbocycles. The van der Waals surface area contributed by atoms with Crippen LogP contribution in [-0.2, 0) is 17.9 Å². The number of carboxylic acids is 1. The van der Waals surface area contributed by atoms with Crippen molar-refractivity contribution in [3.8, 4) is 5.75 Å². The topological polar surface area (TPSA) is 49.8 Å². The molecule has 4 nitrogen and oxygen atoms in total. The number of benzene rings is 3. The monoisotopic (exact) mass is 347 g/mol. The van der Waals surface area contributed by atoms with E-state index in [0.29, 0.717) is 5.75 Å². The molecule has 0 spiro atoms. The Balaban J connectivity index is 1.84. The van der Waals surface area contributed by atoms with Gasteiger partial charge in [0.1, 0.15) is 5.75 Å². The molecule has 26 heavy (non-hydrogen) atoms. The molecule has 0 radical (unpaired) electrons. The fourth-order valence-electron chi connectivity index (χ4n) is 2.76. The minimum atomic E-state index is -0.985. The molecule has 0 amide bonds. The molecule has 0 aliphatic carbocycles. The largest absolute Gasteiger partial charge is 0.482 e. The molecular weight excluding hydrogens is 326 g/mol. The minimum absolute atomic E-state index is 0.346. The van der Waals surface area contributed by atoms with E-state index in [9.17, 15) is 4.79 Å². The van der Waals surface area contributed by atoms with Gasteiger partial charge in [0.15, 0.2) is 6.61 Å². The number of nitrogens with zero attached hydrogens (tertiary/aromatic N) is 1. The fraction of sp³-hybridized carbons (Fsp3) is 0.136. The first-order valence-electron chi connectivity index (χ1n) is 8.48. The zero-order valence-electron chi connectivity index (χ0n) is 14.4. The summed E-state index contributed by atoms with van der Waals surface area (Å²) in [5, 5.41) is 8.81. The second-order valence-electron chi connectivity index (χ2n) is 6.01. The van der Waals surface area contributed by atoms with Gasteiger partial charge in [-0.2, -0.15) is 0 Å². The van der Waals surface area contributed by atoms with Crippen LogP contribution in [0.1, 0.15) is 11.1 Å². The lowest BCUT2D eigenvalue weighted by Gasteiger charge is -2.26. The number of hydrogen-bond acceptors (Lipinski definition) is 3. The van der Waals surface area contributed by atoms with E-state index in [1.54, 1.807) is 6.07 Å². The van der Waals surface area contributed by atoms with Gasteiger partial charge in [-0.25, -0.2) is 4.79 Å². The summed E-state index contributed by atoms with van der Waals surface area (Å²) in [4.78, 5) is 13.0. The lowest BCUT2D eigenvalue weighted by Crippen LogP contribution is -2.22. The number of aliphatic carboxylic acids is 1. The number of rotatable bonds is 8. The third-order valence-corrected chi connectivity index (χ3v) is 3.98. The Bertz CT molecular complexity index is 793. The molecule has 0 saturated heterocycles. The van der Waals surface area contributed by atoms with E-state index in [2.05, 4.69) is 29.2 Å². The summed E-state index contributed by atoms with van der Waals surface area (Å²) in [5.74, 6) is -0.433. The lowest BCUT2D eigenvalue weighted by atomic mass is 10.1. The number of ether oxygens (including phenoxy) is 1. The molecular formula is C22H21NO3. The number of anilines is 1. The van der Waals surface area contributed by atoms with Crippen LogP contribution in [0.3, 0.4) is 0 Å². The summed E-state index contributed by atoms with van der Waals surface area (Å²) in [6, 6.07) is 28.1. The highest BCUT2D eigenvalue weighted by atomic mass is 16.5. The van der Waals surface area contributed by atoms with Crippen molar-refractivity contribution in [1.82, 2.24) is 0 Å². The average molecular weight is 347 g/mol. The molecule has 0 aliphatic rings. The summed E-state index contributed by atoms with van der Waals surface area (Å²) >= 11 is 0. The zero-order chi connectivity index (χ0) is 18.2. The molecule has 132 valence electrons. The number of carboxylic acid groups (broad SMARTS) is 1. The summed E-state index contributed by atoms with van der Waals surface area (Å²) in [5.41, 5.74) is 3.40. The van der Waals surface area contributed by atoms with Gasteiger partial charge in [-0.1, -0.05) is 66.7 Å². The quantitative estimate of drug-likeness (QED) is 0.658. The van der Waals surface area contributed by atoms with Crippen LogP contribution in [0.2, 0.25) is 0 Å². The van der Waals surface area contributed by atoms with Crippen molar-refractivity contribution in [3.05, 3.63) is 96.1 Å². The van der Waals surface area contributed by atoms with Gasteiger partial charge in [0, 0.05) is 24.8 Å². The van der Waals surface area contributed by atoms with Crippen molar-refractivity contribution in [1.29, 1.82) is 0 Å². The van der Waals surface area contributed by atoms with Crippen LogP contribution in [0, 0.1) is 0 Å². The molecule has 1 N–H and O–H groups in total. The highest BCUT2D eigenvalue weighted by molar-refractivity contribution is 5.68. The van der Waals surface area contributed by atoms with Crippen molar-refractivity contribution in [2.75, 3.05) is 11.5 Å². The average Bonchev–Trinajstić information content (AvgIpc) is 2.68. The molecule has 0 aromatic heterocycles. The zero-order valence-corrected chi connectivity index (χ0v) is 14.4. The predicted octanol–water partition coefficient (Wildman–Crippen LogP) is 4.36. The maximum atomic E-state index is 10.7. The third-order valence-electron chi connectivity index (χ3n) is 3.98. The first-order valence-corrected chi connectivity index (χ1v) is 8.48. The SMILES string of the molecule is O=C(O)COc1cccc(N(Cc2ccccc2)Cc2ccccc2)c1. The van der Waals surface area contributed by atoms with Gasteiger partial charge in [0.05, 0.1) is 0 Å². The highest BCUT2D eigenvalue weighted by Crippen LogP contribution is 2.25. The molecule has 0 atom stereocenters. The molecule has 0 unspecified atom stereocenters. The predicted molar refractivity (Wildman–Crippen MR) is 102 cm³/mol. The Hall–Kier alpha value is -3.27. The van der Waals surface area contributed by atoms with Gasteiger partial charge in [0.2, 0.25) is 0 Å². The van der Waals surface area contributed by atoms with Crippen molar-refractivity contribution < 1.29 is 14.6 Å². The van der Waals surface area contributed by atoms with E-state index < -0.39 is 5.97 Å². The van der Waals surface area contributed by atoms with Crippen LogP contribution in [0.25, 0.3) is 0 Å². The molecule has 4 heteroatoms. The molecule has 3 aromatic carbocycles. The summed E-state index contributed by atoms with van der Waals surface area (Å²) in [6.45, 7) is 1.15. The summed E-state index contributed by atoms with van der Waals surface area (Å²) in [7, 11) is 0. The Morgan fingerprint density at radius 2 is 1.38 bits per heavy atom. The molecule has 0 heterocycles. The van der Waals surface area contributed by atoms with Crippen LogP contribution in [0.5, 0.6) is 5.75 Å². The van der Waals surface area contributed by atoms with Gasteiger partial charge < -0.3 is 14.7 Å². The Morgan fingerprint density at radius 3 is 1.92 bits per heavy atom. The van der Waals surface area contributed by atoms with Gasteiger partial charge >= 0.3 is 5.97 Å². The van der Waals surface area contributed by atoms with E-state index >= 15 is 0 Å². The second kappa shape index (κ2) is 8.72. The number of hydrogen-bond donors (Lipinski definition) is 1. The summed E-state index contributed by atoms with van der Waals surface area (Å²) < 4.78 is 5.33. The standard InChI is InChI=1S/C22H21NO3/c24-22(25)17-26-21-13-7-12-20(14-21)23(15-18-8-3-1-4-9-18)16-19-10-5-2-6-11-19/h1-14H,15-17H2,(H,24,25). The van der Waals surface area contributed by atoms with E-state index in [0.717, 1.165) is 18.8 Å². The normalized spacial score (nSPS) is 10.3. The molecule has 3 aromatic rings. The smallest absolute Gasteiger partial charge is 0.341 e. The molecule has 3 rings (SSSR count). The van der Waals surface area contributed by atoms with Gasteiger partial charge in [-0.05, 0) is 23.3 Å².